The Kier molecular flexibility index (Phi) is 7.94. The molecule has 0 heterocycles. The summed E-state index contributed by atoms with van der Waals surface area (Å²) in [7, 11) is -10.4. The van der Waals surface area contributed by atoms with Crippen LogP contribution < -0.4 is 0 Å². The Hall–Kier alpha value is -2.36. The van der Waals surface area contributed by atoms with Gasteiger partial charge in [-0.1, -0.05) is 0 Å². The highest BCUT2D eigenvalue weighted by molar-refractivity contribution is 7.92. The summed E-state index contributed by atoms with van der Waals surface area (Å²) in [5.41, 5.74) is -9.26. The minimum atomic E-state index is -5.73. The normalized spacial score (nSPS) is 21.9. The molecule has 0 amide bonds. The molecule has 0 spiro atoms. The third-order valence-electron chi connectivity index (χ3n) is 6.33. The monoisotopic (exact) mass is 600 g/mol. The summed E-state index contributed by atoms with van der Waals surface area (Å²) in [6.07, 6.45) is -11.9. The van der Waals surface area contributed by atoms with E-state index in [1.54, 1.807) is 0 Å². The number of rotatable bonds is 5. The number of hydrogen-bond acceptors (Lipinski definition) is 4. The zero-order chi connectivity index (χ0) is 28.9. The lowest BCUT2D eigenvalue weighted by Gasteiger charge is -2.37. The quantitative estimate of drug-likeness (QED) is 0.367. The maximum Gasteiger partial charge on any atom is 0.497 e. The van der Waals surface area contributed by atoms with Crippen molar-refractivity contribution in [2.45, 2.75) is 53.2 Å². The van der Waals surface area contributed by atoms with Crippen LogP contribution in [0.5, 0.6) is 0 Å². The maximum atomic E-state index is 14.0. The first-order chi connectivity index (χ1) is 17.1. The number of alkyl halides is 9. The zero-order valence-electron chi connectivity index (χ0n) is 18.8. The van der Waals surface area contributed by atoms with Crippen LogP contribution >= 0.6 is 0 Å². The molecule has 3 rings (SSSR count). The largest absolute Gasteiger partial charge is 0.497 e. The van der Waals surface area contributed by atoms with Gasteiger partial charge in [0, 0.05) is 5.92 Å². The van der Waals surface area contributed by atoms with E-state index >= 15 is 0 Å². The van der Waals surface area contributed by atoms with E-state index in [9.17, 15) is 60.7 Å². The van der Waals surface area contributed by atoms with Crippen LogP contribution in [-0.2, 0) is 32.0 Å². The second kappa shape index (κ2) is 9.99. The summed E-state index contributed by atoms with van der Waals surface area (Å²) in [6, 6.07) is 3.20. The van der Waals surface area contributed by atoms with Gasteiger partial charge in [0.1, 0.15) is 5.82 Å². The molecule has 0 radical (unpaired) electrons. The fourth-order valence-electron chi connectivity index (χ4n) is 4.59. The lowest BCUT2D eigenvalue weighted by molar-refractivity contribution is -0.139. The van der Waals surface area contributed by atoms with Gasteiger partial charge in [0.15, 0.2) is 9.84 Å². The highest BCUT2D eigenvalue weighted by Crippen LogP contribution is 2.47. The van der Waals surface area contributed by atoms with Crippen molar-refractivity contribution >= 4 is 19.7 Å². The molecule has 1 aliphatic carbocycles. The van der Waals surface area contributed by atoms with Crippen molar-refractivity contribution in [3.05, 3.63) is 65.0 Å². The van der Waals surface area contributed by atoms with E-state index in [1.165, 1.54) is 0 Å². The number of benzene rings is 2. The van der Waals surface area contributed by atoms with E-state index < -0.39 is 107 Å². The van der Waals surface area contributed by atoms with Gasteiger partial charge in [-0.3, -0.25) is 0 Å². The predicted molar refractivity (Wildman–Crippen MR) is 114 cm³/mol. The van der Waals surface area contributed by atoms with Crippen LogP contribution in [0.1, 0.15) is 41.9 Å². The Balaban J connectivity index is 2.12. The molecule has 1 aliphatic rings. The van der Waals surface area contributed by atoms with Crippen LogP contribution in [-0.4, -0.2) is 33.3 Å². The Morgan fingerprint density at radius 2 is 1.34 bits per heavy atom. The Morgan fingerprint density at radius 3 is 1.84 bits per heavy atom. The van der Waals surface area contributed by atoms with Crippen LogP contribution in [0.3, 0.4) is 0 Å². The van der Waals surface area contributed by atoms with Crippen molar-refractivity contribution in [1.29, 1.82) is 0 Å². The highest BCUT2D eigenvalue weighted by atomic mass is 32.2. The van der Waals surface area contributed by atoms with Gasteiger partial charge in [-0.25, -0.2) is 21.2 Å². The van der Waals surface area contributed by atoms with Crippen molar-refractivity contribution in [3.8, 4) is 0 Å². The highest BCUT2D eigenvalue weighted by Gasteiger charge is 2.50. The molecule has 0 unspecified atom stereocenters. The average Bonchev–Trinajstić information content (AvgIpc) is 2.76. The van der Waals surface area contributed by atoms with Crippen molar-refractivity contribution in [2.24, 2.45) is 5.92 Å². The van der Waals surface area contributed by atoms with Crippen LogP contribution in [0, 0.1) is 11.7 Å². The molecule has 212 valence electrons. The molecule has 2 aromatic rings. The topological polar surface area (TPSA) is 68.3 Å². The maximum absolute atomic E-state index is 14.0. The lowest BCUT2D eigenvalue weighted by Crippen LogP contribution is -2.39. The van der Waals surface area contributed by atoms with E-state index in [2.05, 4.69) is 0 Å². The molecule has 16 heteroatoms. The smallest absolute Gasteiger partial charge is 0.223 e. The van der Waals surface area contributed by atoms with Gasteiger partial charge >= 0.3 is 17.9 Å². The van der Waals surface area contributed by atoms with Gasteiger partial charge in [-0.05, 0) is 73.2 Å². The Morgan fingerprint density at radius 1 is 0.763 bits per heavy atom. The van der Waals surface area contributed by atoms with Crippen molar-refractivity contribution in [3.63, 3.8) is 0 Å². The van der Waals surface area contributed by atoms with Gasteiger partial charge in [0.05, 0.1) is 27.0 Å². The number of sulfone groups is 2. The van der Waals surface area contributed by atoms with Crippen LogP contribution in [0.15, 0.2) is 47.4 Å². The molecule has 0 bridgehead atoms. The van der Waals surface area contributed by atoms with E-state index in [-0.39, 0.29) is 0 Å². The summed E-state index contributed by atoms with van der Waals surface area (Å²) in [4.78, 5) is -0.702. The first kappa shape index (κ1) is 30.2. The van der Waals surface area contributed by atoms with E-state index in [0.29, 0.717) is 42.5 Å². The van der Waals surface area contributed by atoms with Gasteiger partial charge in [-0.2, -0.15) is 39.5 Å². The fourth-order valence-corrected chi connectivity index (χ4v) is 7.71. The molecular formula is C22H18F10O4S2. The lowest BCUT2D eigenvalue weighted by atomic mass is 9.77. The molecule has 0 aliphatic heterocycles. The third kappa shape index (κ3) is 6.26. The van der Waals surface area contributed by atoms with E-state index in [1.807, 2.05) is 0 Å². The number of halogens is 10. The van der Waals surface area contributed by atoms with E-state index in [4.69, 9.17) is 0 Å². The predicted octanol–water partition coefficient (Wildman–Crippen LogP) is 6.52. The summed E-state index contributed by atoms with van der Waals surface area (Å²) >= 11 is 0. The van der Waals surface area contributed by atoms with Crippen molar-refractivity contribution < 1.29 is 60.7 Å². The van der Waals surface area contributed by atoms with Gasteiger partial charge in [0.2, 0.25) is 9.84 Å². The van der Waals surface area contributed by atoms with Crippen LogP contribution in [0.2, 0.25) is 0 Å². The van der Waals surface area contributed by atoms with Crippen molar-refractivity contribution in [2.75, 3.05) is 5.75 Å². The molecular weight excluding hydrogens is 582 g/mol. The molecule has 38 heavy (non-hydrogen) atoms. The first-order valence-corrected chi connectivity index (χ1v) is 13.9. The van der Waals surface area contributed by atoms with Gasteiger partial charge < -0.3 is 0 Å². The molecule has 0 saturated heterocycles. The average molecular weight is 600 g/mol. The summed E-state index contributed by atoms with van der Waals surface area (Å²) in [5, 5.41) is -1.83. The molecule has 0 aromatic heterocycles. The fraction of sp³-hybridized carbons (Fsp3) is 0.455. The summed E-state index contributed by atoms with van der Waals surface area (Å²) in [5.74, 6) is -6.01. The summed E-state index contributed by atoms with van der Waals surface area (Å²) in [6.45, 7) is 0. The minimum absolute atomic E-state index is 0.322. The van der Waals surface area contributed by atoms with Crippen LogP contribution in [0.4, 0.5) is 43.9 Å². The molecule has 2 aromatic carbocycles. The third-order valence-corrected chi connectivity index (χ3v) is 10.2. The standard InChI is InChI=1S/C22H18F10O4S2/c23-14-4-7-18(21(27,28)29)16(10-14)17-9-12(11-37(33,34)22(30,31)32)1-8-19(17)38(35,36)15-5-2-13(3-6-15)20(24,25)26/h2-7,10,12,17,19H,1,8-9,11H2/t12-,17-,19+/m1/s1. The SMILES string of the molecule is O=S(=O)(c1ccc(C(F)(F)F)cc1)[C@H]1CC[C@@H](CS(=O)(=O)C(F)(F)F)C[C@@H]1c1cc(F)ccc1C(F)(F)F. The first-order valence-electron chi connectivity index (χ1n) is 10.7. The molecule has 1 saturated carbocycles. The zero-order valence-corrected chi connectivity index (χ0v) is 20.5. The molecule has 0 N–H and O–H groups in total. The van der Waals surface area contributed by atoms with E-state index in [0.717, 1.165) is 0 Å². The Labute approximate surface area is 210 Å². The molecule has 1 fully saturated rings. The van der Waals surface area contributed by atoms with Crippen molar-refractivity contribution in [1.82, 2.24) is 0 Å². The molecule has 3 atom stereocenters. The van der Waals surface area contributed by atoms with Gasteiger partial charge in [-0.15, -0.1) is 0 Å². The molecule has 4 nitrogen and oxygen atoms in total. The number of hydrogen-bond donors (Lipinski definition) is 0. The Bertz CT molecular complexity index is 1380. The second-order valence-corrected chi connectivity index (χ2v) is 13.0. The van der Waals surface area contributed by atoms with Crippen LogP contribution in [0.25, 0.3) is 0 Å². The minimum Gasteiger partial charge on any atom is -0.223 e. The second-order valence-electron chi connectivity index (χ2n) is 8.85. The van der Waals surface area contributed by atoms with Gasteiger partial charge in [0.25, 0.3) is 0 Å². The summed E-state index contributed by atoms with van der Waals surface area (Å²) < 4.78 is 183.